The Hall–Kier alpha value is -2.14. The van der Waals surface area contributed by atoms with Gasteiger partial charge in [-0.15, -0.1) is 0 Å². The van der Waals surface area contributed by atoms with Crippen LogP contribution in [0.1, 0.15) is 27.9 Å². The van der Waals surface area contributed by atoms with Crippen molar-refractivity contribution in [3.05, 3.63) is 63.6 Å². The van der Waals surface area contributed by atoms with Crippen molar-refractivity contribution < 1.29 is 9.59 Å². The van der Waals surface area contributed by atoms with Gasteiger partial charge in [-0.1, -0.05) is 33.6 Å². The van der Waals surface area contributed by atoms with Gasteiger partial charge in [0, 0.05) is 28.7 Å². The molecular formula is C18H19BrN2O2. The molecule has 0 saturated carbocycles. The van der Waals surface area contributed by atoms with Gasteiger partial charge in [0.15, 0.2) is 0 Å². The van der Waals surface area contributed by atoms with Gasteiger partial charge in [-0.2, -0.15) is 0 Å². The van der Waals surface area contributed by atoms with Crippen LogP contribution in [-0.2, 0) is 4.79 Å². The highest BCUT2D eigenvalue weighted by Crippen LogP contribution is 2.20. The number of anilines is 1. The zero-order valence-corrected chi connectivity index (χ0v) is 14.7. The molecule has 0 spiro atoms. The quantitative estimate of drug-likeness (QED) is 0.835. The molecule has 0 fully saturated rings. The standard InChI is InChI=1S/C18H19BrN2O2/c1-12-4-3-5-14(10-12)18(23)20-9-8-17(22)21-15-6-7-16(19)13(2)11-15/h3-7,10-11H,8-9H2,1-2H3,(H,20,23)(H,21,22). The first kappa shape index (κ1) is 17.2. The Morgan fingerprint density at radius 3 is 2.57 bits per heavy atom. The molecule has 0 bridgehead atoms. The normalized spacial score (nSPS) is 10.2. The summed E-state index contributed by atoms with van der Waals surface area (Å²) in [5.41, 5.74) is 3.44. The third-order valence-corrected chi connectivity index (χ3v) is 4.25. The monoisotopic (exact) mass is 374 g/mol. The highest BCUT2D eigenvalue weighted by molar-refractivity contribution is 9.10. The van der Waals surface area contributed by atoms with E-state index in [9.17, 15) is 9.59 Å². The minimum Gasteiger partial charge on any atom is -0.352 e. The molecule has 2 rings (SSSR count). The van der Waals surface area contributed by atoms with Crippen molar-refractivity contribution in [3.63, 3.8) is 0 Å². The lowest BCUT2D eigenvalue weighted by molar-refractivity contribution is -0.116. The van der Waals surface area contributed by atoms with Crippen molar-refractivity contribution in [1.82, 2.24) is 5.32 Å². The second-order valence-corrected chi connectivity index (χ2v) is 6.24. The van der Waals surface area contributed by atoms with E-state index < -0.39 is 0 Å². The fourth-order valence-corrected chi connectivity index (χ4v) is 2.37. The van der Waals surface area contributed by atoms with E-state index in [2.05, 4.69) is 26.6 Å². The zero-order chi connectivity index (χ0) is 16.8. The first-order chi connectivity index (χ1) is 11.0. The summed E-state index contributed by atoms with van der Waals surface area (Å²) in [6.45, 7) is 4.19. The maximum Gasteiger partial charge on any atom is 0.251 e. The van der Waals surface area contributed by atoms with E-state index in [1.165, 1.54) is 0 Å². The number of halogens is 1. The maximum atomic E-state index is 12.0. The zero-order valence-electron chi connectivity index (χ0n) is 13.2. The van der Waals surface area contributed by atoms with E-state index in [1.54, 1.807) is 6.07 Å². The molecular weight excluding hydrogens is 356 g/mol. The molecule has 0 aliphatic rings. The number of aryl methyl sites for hydroxylation is 2. The van der Waals surface area contributed by atoms with Crippen LogP contribution >= 0.6 is 15.9 Å². The van der Waals surface area contributed by atoms with Gasteiger partial charge < -0.3 is 10.6 Å². The summed E-state index contributed by atoms with van der Waals surface area (Å²) in [6.07, 6.45) is 0.229. The molecule has 0 heterocycles. The highest BCUT2D eigenvalue weighted by Gasteiger charge is 2.07. The van der Waals surface area contributed by atoms with Crippen molar-refractivity contribution >= 4 is 33.4 Å². The van der Waals surface area contributed by atoms with Crippen molar-refractivity contribution in [2.75, 3.05) is 11.9 Å². The highest BCUT2D eigenvalue weighted by atomic mass is 79.9. The van der Waals surface area contributed by atoms with Crippen LogP contribution in [0, 0.1) is 13.8 Å². The SMILES string of the molecule is Cc1cccc(C(=O)NCCC(=O)Nc2ccc(Br)c(C)c2)c1. The number of rotatable bonds is 5. The number of hydrogen-bond acceptors (Lipinski definition) is 2. The Labute approximate surface area is 144 Å². The Bertz CT molecular complexity index is 729. The van der Waals surface area contributed by atoms with Crippen molar-refractivity contribution in [3.8, 4) is 0 Å². The fourth-order valence-electron chi connectivity index (χ4n) is 2.12. The third-order valence-electron chi connectivity index (χ3n) is 3.36. The molecule has 4 nitrogen and oxygen atoms in total. The summed E-state index contributed by atoms with van der Waals surface area (Å²) in [6, 6.07) is 13.0. The molecule has 23 heavy (non-hydrogen) atoms. The molecule has 0 atom stereocenters. The van der Waals surface area contributed by atoms with Gasteiger partial charge in [0.1, 0.15) is 0 Å². The molecule has 0 radical (unpaired) electrons. The van der Waals surface area contributed by atoms with Crippen LogP contribution in [0.2, 0.25) is 0 Å². The predicted octanol–water partition coefficient (Wildman–Crippen LogP) is 3.82. The van der Waals surface area contributed by atoms with Crippen LogP contribution in [-0.4, -0.2) is 18.4 Å². The van der Waals surface area contributed by atoms with Crippen LogP contribution in [0.3, 0.4) is 0 Å². The van der Waals surface area contributed by atoms with E-state index in [0.29, 0.717) is 12.1 Å². The van der Waals surface area contributed by atoms with E-state index >= 15 is 0 Å². The smallest absolute Gasteiger partial charge is 0.251 e. The van der Waals surface area contributed by atoms with Gasteiger partial charge in [-0.3, -0.25) is 9.59 Å². The second kappa shape index (κ2) is 7.92. The fraction of sp³-hybridized carbons (Fsp3) is 0.222. The van der Waals surface area contributed by atoms with Crippen molar-refractivity contribution in [1.29, 1.82) is 0 Å². The Morgan fingerprint density at radius 2 is 1.87 bits per heavy atom. The van der Waals surface area contributed by atoms with Gasteiger partial charge in [0.25, 0.3) is 5.91 Å². The van der Waals surface area contributed by atoms with E-state index in [1.807, 2.05) is 50.2 Å². The molecule has 5 heteroatoms. The van der Waals surface area contributed by atoms with Gasteiger partial charge >= 0.3 is 0 Å². The Balaban J connectivity index is 1.80. The molecule has 0 aromatic heterocycles. The second-order valence-electron chi connectivity index (χ2n) is 5.39. The van der Waals surface area contributed by atoms with Crippen LogP contribution < -0.4 is 10.6 Å². The number of benzene rings is 2. The van der Waals surface area contributed by atoms with Gasteiger partial charge in [0.2, 0.25) is 5.91 Å². The lowest BCUT2D eigenvalue weighted by atomic mass is 10.1. The lowest BCUT2D eigenvalue weighted by Crippen LogP contribution is -2.27. The summed E-state index contributed by atoms with van der Waals surface area (Å²) in [5, 5.41) is 5.58. The minimum atomic E-state index is -0.166. The lowest BCUT2D eigenvalue weighted by Gasteiger charge is -2.08. The summed E-state index contributed by atoms with van der Waals surface area (Å²) in [7, 11) is 0. The third kappa shape index (κ3) is 5.21. The van der Waals surface area contributed by atoms with E-state index in [-0.39, 0.29) is 18.2 Å². The van der Waals surface area contributed by atoms with Crippen molar-refractivity contribution in [2.24, 2.45) is 0 Å². The largest absolute Gasteiger partial charge is 0.352 e. The summed E-state index contributed by atoms with van der Waals surface area (Å²) < 4.78 is 1.00. The van der Waals surface area contributed by atoms with Crippen LogP contribution in [0.4, 0.5) is 5.69 Å². The summed E-state index contributed by atoms with van der Waals surface area (Å²) in [4.78, 5) is 23.9. The topological polar surface area (TPSA) is 58.2 Å². The number of nitrogens with one attached hydrogen (secondary N) is 2. The molecule has 2 aromatic rings. The van der Waals surface area contributed by atoms with Crippen LogP contribution in [0.15, 0.2) is 46.9 Å². The number of hydrogen-bond donors (Lipinski definition) is 2. The number of carbonyl (C=O) groups is 2. The molecule has 0 aliphatic heterocycles. The van der Waals surface area contributed by atoms with Gasteiger partial charge in [-0.05, 0) is 49.7 Å². The van der Waals surface area contributed by atoms with Crippen LogP contribution in [0.5, 0.6) is 0 Å². The molecule has 0 unspecified atom stereocenters. The molecule has 120 valence electrons. The van der Waals surface area contributed by atoms with E-state index in [4.69, 9.17) is 0 Å². The number of amides is 2. The molecule has 2 amide bonds. The Morgan fingerprint density at radius 1 is 1.09 bits per heavy atom. The van der Waals surface area contributed by atoms with E-state index in [0.717, 1.165) is 21.3 Å². The molecule has 0 saturated heterocycles. The first-order valence-electron chi connectivity index (χ1n) is 7.36. The van der Waals surface area contributed by atoms with Crippen LogP contribution in [0.25, 0.3) is 0 Å². The van der Waals surface area contributed by atoms with Crippen molar-refractivity contribution in [2.45, 2.75) is 20.3 Å². The number of carbonyl (C=O) groups excluding carboxylic acids is 2. The molecule has 0 aliphatic carbocycles. The Kier molecular flexibility index (Phi) is 5.93. The average Bonchev–Trinajstić information content (AvgIpc) is 2.51. The minimum absolute atomic E-state index is 0.128. The average molecular weight is 375 g/mol. The molecule has 2 N–H and O–H groups in total. The summed E-state index contributed by atoms with van der Waals surface area (Å²) in [5.74, 6) is -0.294. The maximum absolute atomic E-state index is 12.0. The van der Waals surface area contributed by atoms with Gasteiger partial charge in [0.05, 0.1) is 0 Å². The first-order valence-corrected chi connectivity index (χ1v) is 8.16. The summed E-state index contributed by atoms with van der Waals surface area (Å²) >= 11 is 3.42. The van der Waals surface area contributed by atoms with Gasteiger partial charge in [-0.25, -0.2) is 0 Å². The predicted molar refractivity (Wildman–Crippen MR) is 95.6 cm³/mol. The molecule has 2 aromatic carbocycles.